The zero-order valence-electron chi connectivity index (χ0n) is 33.0. The first-order valence-electron chi connectivity index (χ1n) is 20.6. The number of anilines is 3. The fourth-order valence-corrected chi connectivity index (χ4v) is 9.05. The summed E-state index contributed by atoms with van der Waals surface area (Å²) in [4.78, 5) is 2.50. The van der Waals surface area contributed by atoms with Crippen molar-refractivity contribution < 1.29 is 0 Å². The first-order chi connectivity index (χ1) is 29.8. The third-order valence-corrected chi connectivity index (χ3v) is 11.8. The highest BCUT2D eigenvalue weighted by molar-refractivity contribution is 6.17. The maximum atomic E-state index is 2.50. The summed E-state index contributed by atoms with van der Waals surface area (Å²) in [6.45, 7) is 0. The summed E-state index contributed by atoms with van der Waals surface area (Å²) in [7, 11) is 0. The summed E-state index contributed by atoms with van der Waals surface area (Å²) < 4.78 is 2.43. The standard InChI is InChI=1S/C58H40N2/c1-3-19-42(20-4-1)48-24-9-10-25-49(48)44-36-38-47(39-37-44)59-55-31-16-13-28-52(55)58-56(59)32-17-33-57(58)60(53-29-14-11-26-50(53)43-21-5-2-6-22-43)54-30-15-12-27-51(54)46-35-34-41-18-7-8-23-45(41)40-46/h1-40H. The summed E-state index contributed by atoms with van der Waals surface area (Å²) in [6.07, 6.45) is 0. The molecule has 1 aromatic heterocycles. The topological polar surface area (TPSA) is 8.17 Å². The Morgan fingerprint density at radius 2 is 0.750 bits per heavy atom. The van der Waals surface area contributed by atoms with Crippen molar-refractivity contribution in [2.24, 2.45) is 0 Å². The lowest BCUT2D eigenvalue weighted by atomic mass is 9.94. The van der Waals surface area contributed by atoms with Crippen LogP contribution >= 0.6 is 0 Å². The molecule has 11 aromatic rings. The third kappa shape index (κ3) is 6.14. The third-order valence-electron chi connectivity index (χ3n) is 11.8. The van der Waals surface area contributed by atoms with Gasteiger partial charge in [0.05, 0.1) is 28.1 Å². The van der Waals surface area contributed by atoms with Crippen molar-refractivity contribution in [1.29, 1.82) is 0 Å². The Bertz CT molecular complexity index is 3310. The fraction of sp³-hybridized carbons (Fsp3) is 0. The van der Waals surface area contributed by atoms with Crippen LogP contribution in [-0.2, 0) is 0 Å². The summed E-state index contributed by atoms with van der Waals surface area (Å²) >= 11 is 0. The average Bonchev–Trinajstić information content (AvgIpc) is 3.67. The molecule has 0 aliphatic rings. The van der Waals surface area contributed by atoms with Crippen LogP contribution in [0, 0.1) is 0 Å². The highest BCUT2D eigenvalue weighted by Crippen LogP contribution is 2.49. The molecule has 0 unspecified atom stereocenters. The average molecular weight is 765 g/mol. The van der Waals surface area contributed by atoms with Gasteiger partial charge in [-0.2, -0.15) is 0 Å². The van der Waals surface area contributed by atoms with Crippen LogP contribution in [0.25, 0.3) is 82.8 Å². The zero-order valence-corrected chi connectivity index (χ0v) is 33.0. The minimum atomic E-state index is 1.11. The number of hydrogen-bond donors (Lipinski definition) is 0. The lowest BCUT2D eigenvalue weighted by molar-refractivity contribution is 1.18. The van der Waals surface area contributed by atoms with Gasteiger partial charge in [0, 0.05) is 27.6 Å². The Labute approximate surface area is 350 Å². The van der Waals surface area contributed by atoms with E-state index in [9.17, 15) is 0 Å². The molecule has 60 heavy (non-hydrogen) atoms. The predicted molar refractivity (Wildman–Crippen MR) is 255 cm³/mol. The smallest absolute Gasteiger partial charge is 0.0562 e. The number of hydrogen-bond acceptors (Lipinski definition) is 1. The summed E-state index contributed by atoms with van der Waals surface area (Å²) in [5.41, 5.74) is 16.3. The van der Waals surface area contributed by atoms with E-state index in [0.717, 1.165) is 33.8 Å². The van der Waals surface area contributed by atoms with Gasteiger partial charge in [-0.05, 0) is 92.7 Å². The van der Waals surface area contributed by atoms with Crippen molar-refractivity contribution in [1.82, 2.24) is 4.57 Å². The molecular weight excluding hydrogens is 725 g/mol. The summed E-state index contributed by atoms with van der Waals surface area (Å²) in [5.74, 6) is 0. The van der Waals surface area contributed by atoms with Crippen LogP contribution in [0.15, 0.2) is 243 Å². The Morgan fingerprint density at radius 1 is 0.283 bits per heavy atom. The SMILES string of the molecule is c1ccc(-c2ccccc2-c2ccc(-n3c4ccccc4c4c(N(c5ccccc5-c5ccccc5)c5ccccc5-c5ccc6ccccc6c5)cccc43)cc2)cc1. The molecule has 0 aliphatic heterocycles. The second-order valence-electron chi connectivity index (χ2n) is 15.3. The maximum absolute atomic E-state index is 2.50. The number of fused-ring (bicyclic) bond motifs is 4. The summed E-state index contributed by atoms with van der Waals surface area (Å²) in [6, 6.07) is 87.9. The molecular formula is C58H40N2. The van der Waals surface area contributed by atoms with E-state index in [1.165, 1.54) is 66.1 Å². The van der Waals surface area contributed by atoms with Gasteiger partial charge in [-0.3, -0.25) is 0 Å². The highest BCUT2D eigenvalue weighted by Gasteiger charge is 2.25. The number of aromatic nitrogens is 1. The molecule has 0 amide bonds. The molecule has 10 aromatic carbocycles. The predicted octanol–water partition coefficient (Wildman–Crippen LogP) is 16.1. The molecule has 1 heterocycles. The highest BCUT2D eigenvalue weighted by atomic mass is 15.2. The lowest BCUT2D eigenvalue weighted by Gasteiger charge is -2.30. The molecule has 0 spiro atoms. The van der Waals surface area contributed by atoms with Gasteiger partial charge in [-0.15, -0.1) is 0 Å². The number of benzene rings is 10. The second-order valence-corrected chi connectivity index (χ2v) is 15.3. The van der Waals surface area contributed by atoms with Crippen molar-refractivity contribution in [3.05, 3.63) is 243 Å². The van der Waals surface area contributed by atoms with Crippen LogP contribution in [0.2, 0.25) is 0 Å². The van der Waals surface area contributed by atoms with Crippen molar-refractivity contribution in [3.8, 4) is 50.2 Å². The molecule has 0 saturated heterocycles. The van der Waals surface area contributed by atoms with Crippen LogP contribution in [0.3, 0.4) is 0 Å². The molecule has 0 N–H and O–H groups in total. The van der Waals surface area contributed by atoms with Gasteiger partial charge >= 0.3 is 0 Å². The summed E-state index contributed by atoms with van der Waals surface area (Å²) in [5, 5.41) is 4.85. The second kappa shape index (κ2) is 15.1. The van der Waals surface area contributed by atoms with Gasteiger partial charge < -0.3 is 9.47 Å². The van der Waals surface area contributed by atoms with Crippen LogP contribution in [0.5, 0.6) is 0 Å². The van der Waals surface area contributed by atoms with Gasteiger partial charge in [0.2, 0.25) is 0 Å². The van der Waals surface area contributed by atoms with E-state index >= 15 is 0 Å². The van der Waals surface area contributed by atoms with Gasteiger partial charge in [-0.25, -0.2) is 0 Å². The quantitative estimate of drug-likeness (QED) is 0.150. The molecule has 282 valence electrons. The van der Waals surface area contributed by atoms with E-state index in [0.29, 0.717) is 0 Å². The molecule has 11 rings (SSSR count). The minimum absolute atomic E-state index is 1.11. The van der Waals surface area contributed by atoms with Crippen LogP contribution < -0.4 is 4.90 Å². The lowest BCUT2D eigenvalue weighted by Crippen LogP contribution is -2.13. The van der Waals surface area contributed by atoms with E-state index in [-0.39, 0.29) is 0 Å². The number of para-hydroxylation sites is 3. The van der Waals surface area contributed by atoms with Crippen LogP contribution in [0.4, 0.5) is 17.1 Å². The van der Waals surface area contributed by atoms with E-state index in [4.69, 9.17) is 0 Å². The Kier molecular flexibility index (Phi) is 8.87. The van der Waals surface area contributed by atoms with Gasteiger partial charge in [0.15, 0.2) is 0 Å². The van der Waals surface area contributed by atoms with Crippen LogP contribution in [-0.4, -0.2) is 4.57 Å². The molecule has 0 fully saturated rings. The number of rotatable bonds is 8. The molecule has 0 aliphatic carbocycles. The van der Waals surface area contributed by atoms with E-state index in [2.05, 4.69) is 252 Å². The van der Waals surface area contributed by atoms with E-state index < -0.39 is 0 Å². The van der Waals surface area contributed by atoms with Crippen molar-refractivity contribution in [3.63, 3.8) is 0 Å². The molecule has 2 nitrogen and oxygen atoms in total. The first-order valence-corrected chi connectivity index (χ1v) is 20.6. The Morgan fingerprint density at radius 3 is 1.43 bits per heavy atom. The maximum Gasteiger partial charge on any atom is 0.0562 e. The molecule has 0 radical (unpaired) electrons. The molecule has 0 atom stereocenters. The first kappa shape index (κ1) is 35.2. The molecule has 0 bridgehead atoms. The Balaban J connectivity index is 1.14. The zero-order chi connectivity index (χ0) is 39.8. The normalized spacial score (nSPS) is 11.3. The Hall–Kier alpha value is -7.94. The monoisotopic (exact) mass is 764 g/mol. The van der Waals surface area contributed by atoms with E-state index in [1.54, 1.807) is 0 Å². The van der Waals surface area contributed by atoms with Gasteiger partial charge in [0.25, 0.3) is 0 Å². The minimum Gasteiger partial charge on any atom is -0.309 e. The van der Waals surface area contributed by atoms with Crippen LogP contribution in [0.1, 0.15) is 0 Å². The van der Waals surface area contributed by atoms with E-state index in [1.807, 2.05) is 0 Å². The molecule has 0 saturated carbocycles. The fourth-order valence-electron chi connectivity index (χ4n) is 9.05. The van der Waals surface area contributed by atoms with Crippen molar-refractivity contribution >= 4 is 49.6 Å². The van der Waals surface area contributed by atoms with Crippen molar-refractivity contribution in [2.75, 3.05) is 4.90 Å². The number of nitrogens with zero attached hydrogens (tertiary/aromatic N) is 2. The van der Waals surface area contributed by atoms with Gasteiger partial charge in [0.1, 0.15) is 0 Å². The van der Waals surface area contributed by atoms with Crippen molar-refractivity contribution in [2.45, 2.75) is 0 Å². The largest absolute Gasteiger partial charge is 0.309 e. The molecule has 2 heteroatoms. The van der Waals surface area contributed by atoms with Gasteiger partial charge in [-0.1, -0.05) is 194 Å².